The molecule has 0 spiro atoms. The number of ether oxygens (including phenoxy) is 1. The van der Waals surface area contributed by atoms with Gasteiger partial charge in [-0.15, -0.1) is 0 Å². The van der Waals surface area contributed by atoms with E-state index in [2.05, 4.69) is 15.9 Å². The summed E-state index contributed by atoms with van der Waals surface area (Å²) in [5.74, 6) is -0.804. The number of hydrogen-bond donors (Lipinski definition) is 0. The van der Waals surface area contributed by atoms with Crippen LogP contribution in [0.25, 0.3) is 22.2 Å². The molecule has 0 aliphatic carbocycles. The van der Waals surface area contributed by atoms with E-state index in [4.69, 9.17) is 9.72 Å². The summed E-state index contributed by atoms with van der Waals surface area (Å²) in [6.07, 6.45) is -0.907. The smallest absolute Gasteiger partial charge is 0.339 e. The average molecular weight is 460 g/mol. The third kappa shape index (κ3) is 4.16. The van der Waals surface area contributed by atoms with E-state index in [0.717, 1.165) is 10.0 Å². The molecule has 0 saturated heterocycles. The maximum absolute atomic E-state index is 13.1. The van der Waals surface area contributed by atoms with E-state index in [1.807, 2.05) is 54.6 Å². The summed E-state index contributed by atoms with van der Waals surface area (Å²) in [5.41, 5.74) is 3.11. The number of Topliss-reactive ketones (excluding diaryl/α,β-unsaturated/α-hetero) is 1. The van der Waals surface area contributed by atoms with Crippen LogP contribution in [0.4, 0.5) is 0 Å². The topological polar surface area (TPSA) is 56.3 Å². The lowest BCUT2D eigenvalue weighted by molar-refractivity contribution is 0.0320. The van der Waals surface area contributed by atoms with Crippen LogP contribution in [0.3, 0.4) is 0 Å². The van der Waals surface area contributed by atoms with E-state index >= 15 is 0 Å². The maximum Gasteiger partial charge on any atom is 0.339 e. The Kier molecular flexibility index (Phi) is 5.72. The molecule has 0 amide bonds. The van der Waals surface area contributed by atoms with Crippen molar-refractivity contribution in [2.45, 2.75) is 13.0 Å². The third-order valence-corrected chi connectivity index (χ3v) is 5.26. The Balaban J connectivity index is 1.72. The van der Waals surface area contributed by atoms with Crippen LogP contribution < -0.4 is 0 Å². The second kappa shape index (κ2) is 8.59. The fourth-order valence-electron chi connectivity index (χ4n) is 3.24. The highest BCUT2D eigenvalue weighted by molar-refractivity contribution is 9.10. The molecule has 0 aliphatic rings. The van der Waals surface area contributed by atoms with Crippen LogP contribution in [0.15, 0.2) is 89.4 Å². The van der Waals surface area contributed by atoms with Gasteiger partial charge in [-0.3, -0.25) is 4.79 Å². The summed E-state index contributed by atoms with van der Waals surface area (Å²) in [7, 11) is 0. The van der Waals surface area contributed by atoms with Gasteiger partial charge in [0, 0.05) is 21.0 Å². The van der Waals surface area contributed by atoms with Gasteiger partial charge in [0.2, 0.25) is 5.78 Å². The van der Waals surface area contributed by atoms with Crippen molar-refractivity contribution >= 4 is 38.6 Å². The van der Waals surface area contributed by atoms with Gasteiger partial charge in [0.25, 0.3) is 0 Å². The average Bonchev–Trinajstić information content (AvgIpc) is 2.79. The number of hydrogen-bond acceptors (Lipinski definition) is 4. The van der Waals surface area contributed by atoms with Crippen LogP contribution in [0, 0.1) is 0 Å². The molecule has 0 bridgehead atoms. The number of pyridine rings is 1. The van der Waals surface area contributed by atoms with Crippen molar-refractivity contribution in [3.05, 3.63) is 101 Å². The lowest BCUT2D eigenvalue weighted by Gasteiger charge is -2.14. The molecule has 0 N–H and O–H groups in total. The SMILES string of the molecule is CC(OC(=O)c1cc(-c2ccccc2)nc2ccc(Br)cc12)C(=O)c1ccccc1. The number of carbonyl (C=O) groups excluding carboxylic acids is 2. The summed E-state index contributed by atoms with van der Waals surface area (Å²) < 4.78 is 6.39. The molecule has 4 nitrogen and oxygen atoms in total. The molecule has 0 radical (unpaired) electrons. The fourth-order valence-corrected chi connectivity index (χ4v) is 3.60. The van der Waals surface area contributed by atoms with Gasteiger partial charge in [0.05, 0.1) is 16.8 Å². The second-order valence-corrected chi connectivity index (χ2v) is 7.78. The first-order chi connectivity index (χ1) is 14.5. The molecule has 0 saturated carbocycles. The van der Waals surface area contributed by atoms with Gasteiger partial charge in [-0.25, -0.2) is 9.78 Å². The van der Waals surface area contributed by atoms with Gasteiger partial charge in [-0.05, 0) is 31.2 Å². The van der Waals surface area contributed by atoms with Crippen molar-refractivity contribution in [1.82, 2.24) is 4.98 Å². The van der Waals surface area contributed by atoms with Crippen LogP contribution in [-0.2, 0) is 4.74 Å². The Morgan fingerprint density at radius 1 is 0.900 bits per heavy atom. The normalized spacial score (nSPS) is 11.8. The Morgan fingerprint density at radius 2 is 1.57 bits per heavy atom. The van der Waals surface area contributed by atoms with Crippen molar-refractivity contribution in [3.63, 3.8) is 0 Å². The lowest BCUT2D eigenvalue weighted by atomic mass is 10.0. The zero-order valence-electron chi connectivity index (χ0n) is 16.2. The largest absolute Gasteiger partial charge is 0.451 e. The van der Waals surface area contributed by atoms with Crippen molar-refractivity contribution < 1.29 is 14.3 Å². The van der Waals surface area contributed by atoms with E-state index in [0.29, 0.717) is 27.7 Å². The van der Waals surface area contributed by atoms with Gasteiger partial charge in [0.1, 0.15) is 0 Å². The summed E-state index contributed by atoms with van der Waals surface area (Å²) >= 11 is 3.45. The molecule has 1 atom stereocenters. The molecule has 4 rings (SSSR count). The number of aromatic nitrogens is 1. The highest BCUT2D eigenvalue weighted by Crippen LogP contribution is 2.28. The maximum atomic E-state index is 13.1. The van der Waals surface area contributed by atoms with E-state index < -0.39 is 12.1 Å². The minimum atomic E-state index is -0.907. The van der Waals surface area contributed by atoms with E-state index in [1.54, 1.807) is 37.3 Å². The summed E-state index contributed by atoms with van der Waals surface area (Å²) in [6, 6.07) is 25.7. The van der Waals surface area contributed by atoms with Crippen molar-refractivity contribution in [3.8, 4) is 11.3 Å². The first-order valence-electron chi connectivity index (χ1n) is 9.49. The number of esters is 1. The van der Waals surface area contributed by atoms with Gasteiger partial charge >= 0.3 is 5.97 Å². The molecule has 148 valence electrons. The number of ketones is 1. The Bertz CT molecular complexity index is 1220. The molecule has 3 aromatic carbocycles. The second-order valence-electron chi connectivity index (χ2n) is 6.86. The lowest BCUT2D eigenvalue weighted by Crippen LogP contribution is -2.24. The zero-order chi connectivity index (χ0) is 21.1. The Morgan fingerprint density at radius 3 is 2.27 bits per heavy atom. The predicted octanol–water partition coefficient (Wildman–Crippen LogP) is 6.09. The minimum Gasteiger partial charge on any atom is -0.451 e. The van der Waals surface area contributed by atoms with E-state index in [-0.39, 0.29) is 5.78 Å². The Hall–Kier alpha value is -3.31. The Labute approximate surface area is 182 Å². The van der Waals surface area contributed by atoms with E-state index in [9.17, 15) is 9.59 Å². The number of carbonyl (C=O) groups is 2. The molecule has 0 aliphatic heterocycles. The highest BCUT2D eigenvalue weighted by Gasteiger charge is 2.22. The number of benzene rings is 3. The molecule has 1 heterocycles. The molecule has 4 aromatic rings. The first-order valence-corrected chi connectivity index (χ1v) is 10.3. The minimum absolute atomic E-state index is 0.244. The number of rotatable bonds is 5. The molecule has 5 heteroatoms. The molecule has 1 unspecified atom stereocenters. The quantitative estimate of drug-likeness (QED) is 0.267. The standard InChI is InChI=1S/C25H18BrNO3/c1-16(24(28)18-10-6-3-7-11-18)30-25(29)21-15-23(17-8-4-2-5-9-17)27-22-13-12-19(26)14-20(21)22/h2-16H,1H3. The van der Waals surface area contributed by atoms with Gasteiger partial charge in [-0.2, -0.15) is 0 Å². The van der Waals surface area contributed by atoms with Crippen LogP contribution >= 0.6 is 15.9 Å². The third-order valence-electron chi connectivity index (χ3n) is 4.77. The zero-order valence-corrected chi connectivity index (χ0v) is 17.8. The van der Waals surface area contributed by atoms with Crippen LogP contribution in [0.1, 0.15) is 27.6 Å². The predicted molar refractivity (Wildman–Crippen MR) is 121 cm³/mol. The summed E-state index contributed by atoms with van der Waals surface area (Å²) in [6.45, 7) is 1.59. The van der Waals surface area contributed by atoms with Crippen molar-refractivity contribution in [2.75, 3.05) is 0 Å². The summed E-state index contributed by atoms with van der Waals surface area (Å²) in [5, 5.41) is 0.661. The first kappa shape index (κ1) is 20.0. The van der Waals surface area contributed by atoms with Crippen LogP contribution in [0.5, 0.6) is 0 Å². The van der Waals surface area contributed by atoms with Crippen LogP contribution in [0.2, 0.25) is 0 Å². The highest BCUT2D eigenvalue weighted by atomic mass is 79.9. The van der Waals surface area contributed by atoms with Gasteiger partial charge < -0.3 is 4.74 Å². The monoisotopic (exact) mass is 459 g/mol. The number of nitrogens with zero attached hydrogens (tertiary/aromatic N) is 1. The molecule has 30 heavy (non-hydrogen) atoms. The molecular weight excluding hydrogens is 442 g/mol. The van der Waals surface area contributed by atoms with Gasteiger partial charge in [-0.1, -0.05) is 76.6 Å². The van der Waals surface area contributed by atoms with Crippen molar-refractivity contribution in [2.24, 2.45) is 0 Å². The molecular formula is C25H18BrNO3. The molecule has 1 aromatic heterocycles. The molecule has 0 fully saturated rings. The van der Waals surface area contributed by atoms with Crippen LogP contribution in [-0.4, -0.2) is 22.8 Å². The van der Waals surface area contributed by atoms with Crippen molar-refractivity contribution in [1.29, 1.82) is 0 Å². The number of halogens is 1. The van der Waals surface area contributed by atoms with E-state index in [1.165, 1.54) is 0 Å². The fraction of sp³-hybridized carbons (Fsp3) is 0.0800. The number of fused-ring (bicyclic) bond motifs is 1. The summed E-state index contributed by atoms with van der Waals surface area (Å²) in [4.78, 5) is 30.4. The van der Waals surface area contributed by atoms with Gasteiger partial charge in [0.15, 0.2) is 6.10 Å².